The molecule has 7 heteroatoms. The van der Waals surface area contributed by atoms with Crippen LogP contribution in [0, 0.1) is 0 Å². The van der Waals surface area contributed by atoms with E-state index in [0.29, 0.717) is 19.3 Å². The number of alkyl halides is 3. The number of hydrogen-bond donors (Lipinski definition) is 0. The number of hydrogen-bond acceptors (Lipinski definition) is 2. The van der Waals surface area contributed by atoms with E-state index in [9.17, 15) is 22.8 Å². The number of amides is 2. The zero-order chi connectivity index (χ0) is 11.9. The van der Waals surface area contributed by atoms with Crippen LogP contribution in [0.1, 0.15) is 12.8 Å². The molecule has 0 aromatic heterocycles. The topological polar surface area (TPSA) is 40.6 Å². The molecule has 2 amide bonds. The molecule has 90 valence electrons. The predicted molar refractivity (Wildman–Crippen MR) is 47.3 cm³/mol. The van der Waals surface area contributed by atoms with Crippen LogP contribution in [-0.4, -0.2) is 53.5 Å². The highest BCUT2D eigenvalue weighted by molar-refractivity contribution is 5.82. The van der Waals surface area contributed by atoms with E-state index in [1.165, 1.54) is 4.90 Å². The number of halogens is 3. The second kappa shape index (κ2) is 3.64. The van der Waals surface area contributed by atoms with E-state index in [1.807, 2.05) is 0 Å². The minimum atomic E-state index is -4.82. The molecule has 2 aliphatic heterocycles. The third-order valence-electron chi connectivity index (χ3n) is 3.19. The van der Waals surface area contributed by atoms with Gasteiger partial charge in [-0.3, -0.25) is 9.59 Å². The maximum absolute atomic E-state index is 12.2. The Bertz CT molecular complexity index is 304. The van der Waals surface area contributed by atoms with Gasteiger partial charge in [-0.25, -0.2) is 0 Å². The van der Waals surface area contributed by atoms with Crippen molar-refractivity contribution in [1.82, 2.24) is 9.80 Å². The van der Waals surface area contributed by atoms with Crippen LogP contribution in [0.25, 0.3) is 0 Å². The quantitative estimate of drug-likeness (QED) is 0.617. The van der Waals surface area contributed by atoms with E-state index in [0.717, 1.165) is 4.90 Å². The largest absolute Gasteiger partial charge is 0.471 e. The maximum atomic E-state index is 12.2. The molecule has 2 bridgehead atoms. The zero-order valence-corrected chi connectivity index (χ0v) is 8.41. The number of carbonyl (C=O) groups excluding carboxylic acids is 2. The Kier molecular flexibility index (Phi) is 2.55. The molecular weight excluding hydrogens is 225 g/mol. The SMILES string of the molecule is O=CN1[C@@H]2CC[C@H]1CN(C(=O)C(F)(F)F)C2. The second-order valence-corrected chi connectivity index (χ2v) is 4.15. The Labute approximate surface area is 90.0 Å². The van der Waals surface area contributed by atoms with Gasteiger partial charge >= 0.3 is 12.1 Å². The van der Waals surface area contributed by atoms with Crippen molar-refractivity contribution in [3.05, 3.63) is 0 Å². The Morgan fingerprint density at radius 1 is 1.19 bits per heavy atom. The summed E-state index contributed by atoms with van der Waals surface area (Å²) in [6, 6.07) is -0.495. The molecule has 2 rings (SSSR count). The third-order valence-corrected chi connectivity index (χ3v) is 3.19. The predicted octanol–water partition coefficient (Wildman–Crippen LogP) is 0.380. The van der Waals surface area contributed by atoms with Gasteiger partial charge in [0.25, 0.3) is 0 Å². The summed E-state index contributed by atoms with van der Waals surface area (Å²) in [6.45, 7) is -0.0127. The van der Waals surface area contributed by atoms with Crippen LogP contribution in [-0.2, 0) is 9.59 Å². The van der Waals surface area contributed by atoms with Gasteiger partial charge in [-0.1, -0.05) is 0 Å². The van der Waals surface area contributed by atoms with Crippen LogP contribution in [0.5, 0.6) is 0 Å². The number of rotatable bonds is 1. The Balaban J connectivity index is 2.08. The highest BCUT2D eigenvalue weighted by atomic mass is 19.4. The summed E-state index contributed by atoms with van der Waals surface area (Å²) in [5.41, 5.74) is 0. The van der Waals surface area contributed by atoms with Crippen LogP contribution in [0.15, 0.2) is 0 Å². The maximum Gasteiger partial charge on any atom is 0.471 e. The van der Waals surface area contributed by atoms with Gasteiger partial charge in [-0.05, 0) is 12.8 Å². The monoisotopic (exact) mass is 236 g/mol. The van der Waals surface area contributed by atoms with Crippen molar-refractivity contribution in [3.63, 3.8) is 0 Å². The molecule has 2 atom stereocenters. The van der Waals surface area contributed by atoms with E-state index in [1.54, 1.807) is 0 Å². The van der Waals surface area contributed by atoms with E-state index >= 15 is 0 Å². The van der Waals surface area contributed by atoms with Crippen molar-refractivity contribution in [1.29, 1.82) is 0 Å². The van der Waals surface area contributed by atoms with Crippen LogP contribution >= 0.6 is 0 Å². The highest BCUT2D eigenvalue weighted by Gasteiger charge is 2.48. The minimum absolute atomic E-state index is 0.00637. The first-order valence-corrected chi connectivity index (χ1v) is 5.02. The lowest BCUT2D eigenvalue weighted by atomic mass is 10.2. The molecule has 2 aliphatic rings. The molecule has 2 saturated heterocycles. The van der Waals surface area contributed by atoms with Gasteiger partial charge < -0.3 is 9.80 Å². The van der Waals surface area contributed by atoms with E-state index < -0.39 is 12.1 Å². The number of fused-ring (bicyclic) bond motifs is 2. The van der Waals surface area contributed by atoms with Crippen molar-refractivity contribution in [3.8, 4) is 0 Å². The van der Waals surface area contributed by atoms with Crippen LogP contribution in [0.3, 0.4) is 0 Å². The second-order valence-electron chi connectivity index (χ2n) is 4.15. The number of carbonyl (C=O) groups is 2. The third kappa shape index (κ3) is 1.74. The number of likely N-dealkylation sites (tertiary alicyclic amines) is 1. The van der Waals surface area contributed by atoms with Gasteiger partial charge in [-0.15, -0.1) is 0 Å². The van der Waals surface area contributed by atoms with Gasteiger partial charge in [-0.2, -0.15) is 13.2 Å². The lowest BCUT2D eigenvalue weighted by molar-refractivity contribution is -0.188. The molecule has 0 N–H and O–H groups in total. The molecule has 0 radical (unpaired) electrons. The summed E-state index contributed by atoms with van der Waals surface area (Å²) in [5.74, 6) is -1.80. The van der Waals surface area contributed by atoms with Gasteiger partial charge in [0.2, 0.25) is 6.41 Å². The normalized spacial score (nSPS) is 29.4. The molecule has 2 fully saturated rings. The number of piperazine rings is 1. The lowest BCUT2D eigenvalue weighted by Gasteiger charge is -2.39. The fraction of sp³-hybridized carbons (Fsp3) is 0.778. The Morgan fingerprint density at radius 2 is 1.69 bits per heavy atom. The molecule has 0 aromatic carbocycles. The summed E-state index contributed by atoms with van der Waals surface area (Å²) in [6.07, 6.45) is -2.81. The van der Waals surface area contributed by atoms with Crippen molar-refractivity contribution in [2.75, 3.05) is 13.1 Å². The van der Waals surface area contributed by atoms with Crippen LogP contribution < -0.4 is 0 Å². The summed E-state index contributed by atoms with van der Waals surface area (Å²) < 4.78 is 36.6. The van der Waals surface area contributed by atoms with Gasteiger partial charge in [0.1, 0.15) is 0 Å². The van der Waals surface area contributed by atoms with E-state index in [4.69, 9.17) is 0 Å². The fourth-order valence-electron chi connectivity index (χ4n) is 2.45. The summed E-state index contributed by atoms with van der Waals surface area (Å²) in [7, 11) is 0. The van der Waals surface area contributed by atoms with Gasteiger partial charge in [0.15, 0.2) is 0 Å². The first-order chi connectivity index (χ1) is 7.43. The summed E-state index contributed by atoms with van der Waals surface area (Å²) in [4.78, 5) is 24.1. The molecule has 0 unspecified atom stereocenters. The van der Waals surface area contributed by atoms with Crippen molar-refractivity contribution in [2.45, 2.75) is 31.1 Å². The standard InChI is InChI=1S/C9H11F3N2O2/c10-9(11,12)8(16)13-3-6-1-2-7(4-13)14(6)5-15/h5-7H,1-4H2/t6-,7+. The first kappa shape index (κ1) is 11.2. The number of nitrogens with zero attached hydrogens (tertiary/aromatic N) is 2. The molecule has 16 heavy (non-hydrogen) atoms. The Morgan fingerprint density at radius 3 is 2.06 bits per heavy atom. The van der Waals surface area contributed by atoms with Crippen molar-refractivity contribution < 1.29 is 22.8 Å². The smallest absolute Gasteiger partial charge is 0.336 e. The Hall–Kier alpha value is -1.27. The van der Waals surface area contributed by atoms with Crippen LogP contribution in [0.2, 0.25) is 0 Å². The van der Waals surface area contributed by atoms with Crippen LogP contribution in [0.4, 0.5) is 13.2 Å². The molecule has 0 aromatic rings. The average Bonchev–Trinajstić information content (AvgIpc) is 2.45. The minimum Gasteiger partial charge on any atom is -0.336 e. The first-order valence-electron chi connectivity index (χ1n) is 5.02. The molecule has 2 heterocycles. The molecule has 0 spiro atoms. The van der Waals surface area contributed by atoms with E-state index in [-0.39, 0.29) is 25.2 Å². The zero-order valence-electron chi connectivity index (χ0n) is 8.41. The lowest BCUT2D eigenvalue weighted by Crippen LogP contribution is -2.57. The summed E-state index contributed by atoms with van der Waals surface area (Å²) >= 11 is 0. The fourth-order valence-corrected chi connectivity index (χ4v) is 2.45. The van der Waals surface area contributed by atoms with Gasteiger partial charge in [0.05, 0.1) is 0 Å². The van der Waals surface area contributed by atoms with E-state index in [2.05, 4.69) is 0 Å². The molecule has 4 nitrogen and oxygen atoms in total. The molecular formula is C9H11F3N2O2. The van der Waals surface area contributed by atoms with Crippen molar-refractivity contribution >= 4 is 12.3 Å². The molecule has 0 saturated carbocycles. The molecule has 0 aliphatic carbocycles. The van der Waals surface area contributed by atoms with Crippen molar-refractivity contribution in [2.24, 2.45) is 0 Å². The van der Waals surface area contributed by atoms with Gasteiger partial charge in [0, 0.05) is 25.2 Å². The highest BCUT2D eigenvalue weighted by Crippen LogP contribution is 2.30. The average molecular weight is 236 g/mol. The summed E-state index contributed by atoms with van der Waals surface area (Å²) in [5, 5.41) is 0.